The van der Waals surface area contributed by atoms with Crippen LogP contribution < -0.4 is 24.6 Å². The highest BCUT2D eigenvalue weighted by molar-refractivity contribution is 6.06. The third-order valence-electron chi connectivity index (χ3n) is 11.3. The minimum absolute atomic E-state index is 0.0104. The number of ether oxygens (including phenoxy) is 2. The van der Waals surface area contributed by atoms with E-state index in [9.17, 15) is 24.2 Å². The van der Waals surface area contributed by atoms with Gasteiger partial charge in [0.1, 0.15) is 30.0 Å². The summed E-state index contributed by atoms with van der Waals surface area (Å²) in [5.74, 6) is 1.65. The van der Waals surface area contributed by atoms with Crippen LogP contribution in [0.5, 0.6) is 17.5 Å². The van der Waals surface area contributed by atoms with E-state index in [-0.39, 0.29) is 83.9 Å². The molecule has 3 atom stereocenters. The van der Waals surface area contributed by atoms with Crippen molar-refractivity contribution in [2.45, 2.75) is 101 Å². The van der Waals surface area contributed by atoms with Gasteiger partial charge in [0.05, 0.1) is 28.9 Å². The number of nitrogens with zero attached hydrogens (tertiary/aromatic N) is 5. The van der Waals surface area contributed by atoms with Gasteiger partial charge in [-0.1, -0.05) is 18.6 Å². The molecule has 286 valence electrons. The molecule has 2 saturated heterocycles. The number of carbonyl (C=O) groups excluding carboxylic acids is 2. The lowest BCUT2D eigenvalue weighted by Gasteiger charge is -2.44. The number of alkyl halides is 1. The molecule has 1 saturated carbocycles. The number of anilines is 2. The molecule has 54 heavy (non-hydrogen) atoms. The first-order valence-electron chi connectivity index (χ1n) is 18.5. The lowest BCUT2D eigenvalue weighted by molar-refractivity contribution is -0.117. The molecule has 1 aromatic heterocycles. The van der Waals surface area contributed by atoms with Crippen molar-refractivity contribution in [1.29, 1.82) is 0 Å². The van der Waals surface area contributed by atoms with Crippen LogP contribution in [0.3, 0.4) is 0 Å². The fourth-order valence-corrected chi connectivity index (χ4v) is 8.54. The molecule has 2 aromatic carbocycles. The first kappa shape index (κ1) is 37.3. The van der Waals surface area contributed by atoms with Crippen LogP contribution in [0.4, 0.5) is 25.1 Å². The number of fused-ring (bicyclic) bond motifs is 2. The summed E-state index contributed by atoms with van der Waals surface area (Å²) in [5, 5.41) is 24.9. The van der Waals surface area contributed by atoms with Gasteiger partial charge in [-0.05, 0) is 82.4 Å². The Morgan fingerprint density at radius 1 is 1.20 bits per heavy atom. The van der Waals surface area contributed by atoms with Crippen LogP contribution in [-0.2, 0) is 11.3 Å². The van der Waals surface area contributed by atoms with Crippen molar-refractivity contribution in [2.75, 3.05) is 36.0 Å². The Morgan fingerprint density at radius 3 is 2.72 bits per heavy atom. The Hall–Kier alpha value is -5.00. The van der Waals surface area contributed by atoms with Gasteiger partial charge in [0, 0.05) is 49.6 Å². The number of amides is 2. The molecule has 0 bridgehead atoms. The third kappa shape index (κ3) is 7.39. The van der Waals surface area contributed by atoms with E-state index < -0.39 is 29.2 Å². The highest BCUT2D eigenvalue weighted by Crippen LogP contribution is 2.43. The summed E-state index contributed by atoms with van der Waals surface area (Å²) in [4.78, 5) is 41.0. The van der Waals surface area contributed by atoms with Crippen LogP contribution >= 0.6 is 0 Å². The summed E-state index contributed by atoms with van der Waals surface area (Å²) >= 11 is 0. The van der Waals surface area contributed by atoms with E-state index in [1.54, 1.807) is 0 Å². The first-order chi connectivity index (χ1) is 25.8. The van der Waals surface area contributed by atoms with E-state index >= 15 is 4.39 Å². The molecule has 3 N–H and O–H groups in total. The summed E-state index contributed by atoms with van der Waals surface area (Å²) in [5.41, 5.74) is -1.08. The number of nitrogens with one attached hydrogen (secondary N) is 1. The van der Waals surface area contributed by atoms with Gasteiger partial charge >= 0.3 is 12.1 Å². The Balaban J connectivity index is 1.26. The van der Waals surface area contributed by atoms with E-state index in [1.807, 2.05) is 18.7 Å². The molecule has 2 amide bonds. The zero-order chi connectivity index (χ0) is 38.4. The Labute approximate surface area is 313 Å². The predicted octanol–water partition coefficient (Wildman–Crippen LogP) is 5.51. The zero-order valence-corrected chi connectivity index (χ0v) is 30.6. The molecule has 7 rings (SSSR count). The zero-order valence-electron chi connectivity index (χ0n) is 30.6. The number of halogens is 2. The summed E-state index contributed by atoms with van der Waals surface area (Å²) in [6.45, 7) is 8.44. The minimum atomic E-state index is -1.05. The van der Waals surface area contributed by atoms with Gasteiger partial charge in [-0.25, -0.2) is 13.6 Å². The largest absolute Gasteiger partial charge is 0.508 e. The molecule has 14 heteroatoms. The third-order valence-corrected chi connectivity index (χ3v) is 11.3. The van der Waals surface area contributed by atoms with Crippen LogP contribution in [-0.4, -0.2) is 92.7 Å². The average Bonchev–Trinajstić information content (AvgIpc) is 3.27. The molecule has 12 nitrogen and oxygen atoms in total. The first-order valence-corrected chi connectivity index (χ1v) is 18.5. The fraction of sp³-hybridized carbons (Fsp3) is 0.500. The summed E-state index contributed by atoms with van der Waals surface area (Å²) < 4.78 is 42.5. The monoisotopic (exact) mass is 744 g/mol. The lowest BCUT2D eigenvalue weighted by atomic mass is 9.82. The number of aromatic hydroxyl groups is 1. The van der Waals surface area contributed by atoms with Gasteiger partial charge in [-0.15, -0.1) is 6.42 Å². The smallest absolute Gasteiger partial charge is 0.420 e. The maximum Gasteiger partial charge on any atom is 0.420 e. The number of aromatic nitrogens is 2. The maximum absolute atomic E-state index is 15.2. The number of phenols is 1. The number of rotatable bonds is 8. The van der Waals surface area contributed by atoms with Gasteiger partial charge < -0.3 is 29.9 Å². The van der Waals surface area contributed by atoms with Crippen LogP contribution in [0.25, 0.3) is 10.8 Å². The quantitative estimate of drug-likeness (QED) is 0.200. The van der Waals surface area contributed by atoms with Gasteiger partial charge in [-0.3, -0.25) is 14.6 Å². The van der Waals surface area contributed by atoms with Crippen molar-refractivity contribution in [2.24, 2.45) is 0 Å². The molecule has 4 aliphatic rings. The van der Waals surface area contributed by atoms with Crippen LogP contribution in [0.15, 0.2) is 36.9 Å². The SMILES string of the molecule is C#Cc1c(F)ccc2cc(O)cc(N3Cc4nc(OC[C@]5(C)C[C@@H](F)CN5C5CCC(C)(O)CC5)nc(N5CCCCC(NC(=O)C=C)C5)c4OC3=O)c12. The van der Waals surface area contributed by atoms with Crippen LogP contribution in [0.1, 0.15) is 76.5 Å². The van der Waals surface area contributed by atoms with Crippen LogP contribution in [0.2, 0.25) is 0 Å². The number of benzene rings is 2. The predicted molar refractivity (Wildman–Crippen MR) is 199 cm³/mol. The number of terminal acetylenes is 1. The lowest BCUT2D eigenvalue weighted by Crippen LogP contribution is -2.53. The molecular weight excluding hydrogens is 698 g/mol. The molecule has 1 unspecified atom stereocenters. The summed E-state index contributed by atoms with van der Waals surface area (Å²) in [6, 6.07) is 5.25. The topological polar surface area (TPSA) is 141 Å². The molecule has 0 radical (unpaired) electrons. The minimum Gasteiger partial charge on any atom is -0.508 e. The molecule has 0 spiro atoms. The van der Waals surface area contributed by atoms with Crippen LogP contribution in [0, 0.1) is 18.2 Å². The van der Waals surface area contributed by atoms with E-state index in [0.717, 1.165) is 25.7 Å². The second-order valence-electron chi connectivity index (χ2n) is 15.5. The van der Waals surface area contributed by atoms with E-state index in [1.165, 1.54) is 35.2 Å². The van der Waals surface area contributed by atoms with E-state index in [0.29, 0.717) is 43.6 Å². The number of phenolic OH excluding ortho intramolecular Hbond substituents is 1. The Morgan fingerprint density at radius 2 is 1.98 bits per heavy atom. The average molecular weight is 745 g/mol. The highest BCUT2D eigenvalue weighted by atomic mass is 19.1. The molecule has 1 aliphatic carbocycles. The fourth-order valence-electron chi connectivity index (χ4n) is 8.54. The number of carbonyl (C=O) groups is 2. The van der Waals surface area contributed by atoms with Gasteiger partial charge in [-0.2, -0.15) is 9.97 Å². The highest BCUT2D eigenvalue weighted by Gasteiger charge is 2.48. The standard InChI is InChI=1S/C40H46F2N6O6/c1-5-29-30(42)11-10-24-17-28(49)18-32(34(24)29)47-22-31-35(54-38(47)51)36(46-16-8-7-9-26(21-46)43-33(50)6-2)45-37(44-31)53-23-39(3)19-25(41)20-48(39)27-12-14-40(4,52)15-13-27/h1,6,10-11,17-18,25-27,49,52H,2,7-9,12-16,19-23H2,3-4H3,(H,43,50)/t25-,26?,27?,39+,40?/m1/s1. The van der Waals surface area contributed by atoms with Gasteiger partial charge in [0.25, 0.3) is 0 Å². The number of aliphatic hydroxyl groups is 1. The normalized spacial score (nSPS) is 27.5. The number of hydrogen-bond donors (Lipinski definition) is 3. The van der Waals surface area contributed by atoms with Crippen molar-refractivity contribution in [3.63, 3.8) is 0 Å². The number of likely N-dealkylation sites (tertiary alicyclic amines) is 1. The molecule has 3 aliphatic heterocycles. The van der Waals surface area contributed by atoms with Gasteiger partial charge in [0.15, 0.2) is 11.6 Å². The molecular formula is C40H46F2N6O6. The molecule has 4 heterocycles. The van der Waals surface area contributed by atoms with Crippen molar-refractivity contribution in [1.82, 2.24) is 20.2 Å². The van der Waals surface area contributed by atoms with Crippen molar-refractivity contribution in [3.8, 4) is 29.9 Å². The van der Waals surface area contributed by atoms with Gasteiger partial charge in [0.2, 0.25) is 5.91 Å². The summed E-state index contributed by atoms with van der Waals surface area (Å²) in [7, 11) is 0. The van der Waals surface area contributed by atoms with E-state index in [4.69, 9.17) is 25.9 Å². The second kappa shape index (κ2) is 14.7. The van der Waals surface area contributed by atoms with E-state index in [2.05, 4.69) is 22.7 Å². The van der Waals surface area contributed by atoms with Crippen molar-refractivity contribution in [3.05, 3.63) is 54.0 Å². The second-order valence-corrected chi connectivity index (χ2v) is 15.5. The number of hydrogen-bond acceptors (Lipinski definition) is 10. The maximum atomic E-state index is 15.2. The van der Waals surface area contributed by atoms with Crippen molar-refractivity contribution >= 4 is 34.3 Å². The summed E-state index contributed by atoms with van der Waals surface area (Å²) in [6.07, 6.45) is 10.4. The molecule has 3 aromatic rings. The van der Waals surface area contributed by atoms with Crippen molar-refractivity contribution < 1.29 is 38.1 Å². The Bertz CT molecular complexity index is 2010. The molecule has 3 fully saturated rings. The Kier molecular flexibility index (Phi) is 10.1.